The summed E-state index contributed by atoms with van der Waals surface area (Å²) in [4.78, 5) is 0.701. The second-order valence-electron chi connectivity index (χ2n) is 6.39. The van der Waals surface area contributed by atoms with Crippen LogP contribution >= 0.6 is 11.3 Å². The third-order valence-corrected chi connectivity index (χ3v) is 5.17. The Hall–Kier alpha value is -2.94. The molecule has 1 aliphatic heterocycles. The van der Waals surface area contributed by atoms with Crippen LogP contribution in [-0.2, 0) is 0 Å². The summed E-state index contributed by atoms with van der Waals surface area (Å²) < 4.78 is 13.5. The van der Waals surface area contributed by atoms with Gasteiger partial charge in [-0.05, 0) is 24.1 Å². The first-order valence-electron chi connectivity index (χ1n) is 8.35. The van der Waals surface area contributed by atoms with Crippen LogP contribution < -0.4 is 9.47 Å². The van der Waals surface area contributed by atoms with Gasteiger partial charge in [0.05, 0.1) is 0 Å². The molecule has 1 aromatic carbocycles. The van der Waals surface area contributed by atoms with Crippen molar-refractivity contribution in [3.63, 3.8) is 0 Å². The fourth-order valence-corrected chi connectivity index (χ4v) is 3.63. The number of hydrogen-bond acceptors (Lipinski definition) is 7. The van der Waals surface area contributed by atoms with Crippen LogP contribution in [0.5, 0.6) is 11.5 Å². The van der Waals surface area contributed by atoms with Crippen LogP contribution in [0.4, 0.5) is 0 Å². The molecule has 1 aliphatic rings. The van der Waals surface area contributed by atoms with E-state index in [9.17, 15) is 0 Å². The molecule has 0 saturated heterocycles. The quantitative estimate of drug-likeness (QED) is 0.597. The van der Waals surface area contributed by atoms with E-state index in [1.807, 2.05) is 30.3 Å². The van der Waals surface area contributed by atoms with Gasteiger partial charge in [0, 0.05) is 5.69 Å². The highest BCUT2D eigenvalue weighted by Crippen LogP contribution is 2.36. The van der Waals surface area contributed by atoms with Crippen LogP contribution in [0.1, 0.15) is 37.4 Å². The van der Waals surface area contributed by atoms with Gasteiger partial charge in [-0.1, -0.05) is 37.3 Å². The molecule has 4 heterocycles. The molecule has 0 spiro atoms. The van der Waals surface area contributed by atoms with Gasteiger partial charge in [-0.25, -0.2) is 0 Å². The summed E-state index contributed by atoms with van der Waals surface area (Å²) in [6, 6.07) is 9.61. The summed E-state index contributed by atoms with van der Waals surface area (Å²) in [7, 11) is 0. The standard InChI is InChI=1S/C17H16N6O2S/c1-9(2)10-7-11(19-18-10)16-22-23-15(20-21-17(23)26-16)14-8-24-12-5-3-4-6-13(12)25-14/h3-7,9,14H,8H2,1-2H3,(H,18,19). The molecular formula is C17H16N6O2S. The van der Waals surface area contributed by atoms with E-state index in [1.54, 1.807) is 4.52 Å². The van der Waals surface area contributed by atoms with Gasteiger partial charge in [-0.15, -0.1) is 10.2 Å². The van der Waals surface area contributed by atoms with Crippen LogP contribution in [0.2, 0.25) is 0 Å². The van der Waals surface area contributed by atoms with E-state index in [0.717, 1.165) is 22.1 Å². The number of benzene rings is 1. The molecule has 0 fully saturated rings. The van der Waals surface area contributed by atoms with Crippen LogP contribution in [0, 0.1) is 0 Å². The maximum absolute atomic E-state index is 6.03. The molecule has 1 unspecified atom stereocenters. The van der Waals surface area contributed by atoms with Crippen molar-refractivity contribution >= 4 is 16.3 Å². The van der Waals surface area contributed by atoms with E-state index in [0.29, 0.717) is 29.1 Å². The number of hydrogen-bond donors (Lipinski definition) is 1. The molecule has 5 rings (SSSR count). The van der Waals surface area contributed by atoms with Crippen molar-refractivity contribution in [1.29, 1.82) is 0 Å². The average molecular weight is 368 g/mol. The predicted octanol–water partition coefficient (Wildman–Crippen LogP) is 3.21. The third-order valence-electron chi connectivity index (χ3n) is 4.25. The number of aromatic nitrogens is 6. The molecule has 1 atom stereocenters. The molecule has 0 bridgehead atoms. The second-order valence-corrected chi connectivity index (χ2v) is 7.34. The third kappa shape index (κ3) is 2.43. The first kappa shape index (κ1) is 15.3. The molecular weight excluding hydrogens is 352 g/mol. The molecule has 26 heavy (non-hydrogen) atoms. The Balaban J connectivity index is 1.49. The maximum Gasteiger partial charge on any atom is 0.235 e. The minimum absolute atomic E-state index is 0.361. The van der Waals surface area contributed by atoms with E-state index in [4.69, 9.17) is 9.47 Å². The highest BCUT2D eigenvalue weighted by molar-refractivity contribution is 7.19. The highest BCUT2D eigenvalue weighted by Gasteiger charge is 2.28. The van der Waals surface area contributed by atoms with Crippen molar-refractivity contribution in [2.75, 3.05) is 6.61 Å². The lowest BCUT2D eigenvalue weighted by molar-refractivity contribution is 0.0836. The first-order valence-corrected chi connectivity index (χ1v) is 9.17. The summed E-state index contributed by atoms with van der Waals surface area (Å²) in [5, 5.41) is 21.3. The van der Waals surface area contributed by atoms with Crippen molar-refractivity contribution in [3.8, 4) is 22.2 Å². The number of fused-ring (bicyclic) bond motifs is 2. The molecule has 9 heteroatoms. The van der Waals surface area contributed by atoms with Gasteiger partial charge in [0.2, 0.25) is 4.96 Å². The fraction of sp³-hybridized carbons (Fsp3) is 0.294. The normalized spacial score (nSPS) is 16.5. The zero-order valence-electron chi connectivity index (χ0n) is 14.2. The number of H-pyrrole nitrogens is 1. The van der Waals surface area contributed by atoms with Crippen LogP contribution in [0.15, 0.2) is 30.3 Å². The van der Waals surface area contributed by atoms with Gasteiger partial charge >= 0.3 is 0 Å². The Labute approximate surface area is 152 Å². The molecule has 0 aliphatic carbocycles. The SMILES string of the molecule is CC(C)c1cc(-c2nn3c(C4COc5ccccc5O4)nnc3s2)n[nH]1. The van der Waals surface area contributed by atoms with Crippen LogP contribution in [0.25, 0.3) is 15.7 Å². The summed E-state index contributed by atoms with van der Waals surface area (Å²) in [5.41, 5.74) is 1.88. The topological polar surface area (TPSA) is 90.2 Å². The van der Waals surface area contributed by atoms with Crippen molar-refractivity contribution < 1.29 is 9.47 Å². The molecule has 132 valence electrons. The molecule has 8 nitrogen and oxygen atoms in total. The summed E-state index contributed by atoms with van der Waals surface area (Å²) in [6.45, 7) is 4.60. The van der Waals surface area contributed by atoms with Gasteiger partial charge in [-0.2, -0.15) is 14.7 Å². The number of nitrogens with zero attached hydrogens (tertiary/aromatic N) is 5. The van der Waals surface area contributed by atoms with E-state index >= 15 is 0 Å². The molecule has 1 N–H and O–H groups in total. The lowest BCUT2D eigenvalue weighted by Gasteiger charge is -2.24. The lowest BCUT2D eigenvalue weighted by Crippen LogP contribution is -2.23. The highest BCUT2D eigenvalue weighted by atomic mass is 32.1. The minimum atomic E-state index is -0.361. The van der Waals surface area contributed by atoms with Gasteiger partial charge in [-0.3, -0.25) is 5.10 Å². The van der Waals surface area contributed by atoms with Crippen molar-refractivity contribution in [2.45, 2.75) is 25.9 Å². The number of rotatable bonds is 3. The van der Waals surface area contributed by atoms with E-state index < -0.39 is 0 Å². The predicted molar refractivity (Wildman–Crippen MR) is 95.6 cm³/mol. The fourth-order valence-electron chi connectivity index (χ4n) is 2.83. The van der Waals surface area contributed by atoms with Crippen molar-refractivity contribution in [1.82, 2.24) is 30.0 Å². The van der Waals surface area contributed by atoms with Gasteiger partial charge in [0.15, 0.2) is 28.4 Å². The van der Waals surface area contributed by atoms with Gasteiger partial charge < -0.3 is 9.47 Å². The summed E-state index contributed by atoms with van der Waals surface area (Å²) >= 11 is 1.45. The van der Waals surface area contributed by atoms with E-state index in [1.165, 1.54) is 11.3 Å². The van der Waals surface area contributed by atoms with Crippen LogP contribution in [-0.4, -0.2) is 36.6 Å². The van der Waals surface area contributed by atoms with E-state index in [-0.39, 0.29) is 6.10 Å². The Bertz CT molecular complexity index is 1080. The average Bonchev–Trinajstić information content (AvgIpc) is 3.36. The molecule has 0 saturated carbocycles. The lowest BCUT2D eigenvalue weighted by atomic mass is 10.1. The monoisotopic (exact) mass is 368 g/mol. The van der Waals surface area contributed by atoms with Crippen molar-refractivity contribution in [3.05, 3.63) is 41.9 Å². The smallest absolute Gasteiger partial charge is 0.235 e. The number of nitrogens with one attached hydrogen (secondary N) is 1. The number of ether oxygens (including phenoxy) is 2. The Kier molecular flexibility index (Phi) is 3.42. The molecule has 4 aromatic rings. The van der Waals surface area contributed by atoms with Gasteiger partial charge in [0.1, 0.15) is 12.3 Å². The van der Waals surface area contributed by atoms with Crippen molar-refractivity contribution in [2.24, 2.45) is 0 Å². The Morgan fingerprint density at radius 3 is 2.88 bits per heavy atom. The van der Waals surface area contributed by atoms with Gasteiger partial charge in [0.25, 0.3) is 0 Å². The van der Waals surface area contributed by atoms with Crippen LogP contribution in [0.3, 0.4) is 0 Å². The number of aromatic amines is 1. The minimum Gasteiger partial charge on any atom is -0.485 e. The first-order chi connectivity index (χ1) is 12.7. The Morgan fingerprint density at radius 1 is 1.23 bits per heavy atom. The summed E-state index contributed by atoms with van der Waals surface area (Å²) in [6.07, 6.45) is -0.361. The van der Waals surface area contributed by atoms with E-state index in [2.05, 4.69) is 39.3 Å². The second kappa shape index (κ2) is 5.80. The molecule has 3 aromatic heterocycles. The number of para-hydroxylation sites is 2. The zero-order chi connectivity index (χ0) is 17.7. The maximum atomic E-state index is 6.03. The molecule has 0 amide bonds. The summed E-state index contributed by atoms with van der Waals surface area (Å²) in [5.74, 6) is 2.44. The Morgan fingerprint density at radius 2 is 2.08 bits per heavy atom. The molecule has 0 radical (unpaired) electrons. The zero-order valence-corrected chi connectivity index (χ0v) is 15.0. The largest absolute Gasteiger partial charge is 0.485 e.